The van der Waals surface area contributed by atoms with Crippen molar-refractivity contribution in [2.24, 2.45) is 9.98 Å². The van der Waals surface area contributed by atoms with E-state index in [1.165, 1.54) is 22.3 Å². The molecule has 0 aliphatic carbocycles. The summed E-state index contributed by atoms with van der Waals surface area (Å²) in [6.07, 6.45) is 1.85. The summed E-state index contributed by atoms with van der Waals surface area (Å²) in [6.45, 7) is 19.8. The van der Waals surface area contributed by atoms with Gasteiger partial charge in [-0.05, 0) is 78.8 Å². The van der Waals surface area contributed by atoms with E-state index in [1.807, 2.05) is 13.1 Å². The summed E-state index contributed by atoms with van der Waals surface area (Å²) < 4.78 is 28.0. The Balaban J connectivity index is 0.000000395. The molecule has 0 saturated carbocycles. The van der Waals surface area contributed by atoms with Gasteiger partial charge in [-0.1, -0.05) is 77.9 Å². The van der Waals surface area contributed by atoms with E-state index in [0.717, 1.165) is 17.1 Å². The van der Waals surface area contributed by atoms with Gasteiger partial charge in [0.15, 0.2) is 11.6 Å². The number of para-hydroxylation sites is 2. The summed E-state index contributed by atoms with van der Waals surface area (Å²) in [4.78, 5) is 9.30. The maximum atomic E-state index is 14.0. The average Bonchev–Trinajstić information content (AvgIpc) is 2.79. The molecule has 0 radical (unpaired) electrons. The van der Waals surface area contributed by atoms with Crippen LogP contribution in [0.4, 0.5) is 20.2 Å². The number of rotatable bonds is 3. The van der Waals surface area contributed by atoms with Crippen molar-refractivity contribution in [1.82, 2.24) is 0 Å². The van der Waals surface area contributed by atoms with Crippen LogP contribution in [0.15, 0.2) is 46.4 Å². The standard InChI is InChI=1S/C19H22N2.C14H20F2O2.Ni/c1-13-8-6-9-14(2)18(13)20-12-17(5)21-19-15(3)10-7-11-16(19)4;1-13(2,3)7-9(15)10(16)8(14(4,5)6)12(18)11(7)17;/h6-12H,1-5H3;17-18H,1-6H3;/q;;+2/p-2. The molecule has 3 aromatic rings. The second-order valence-corrected chi connectivity index (χ2v) is 12.0. The molecule has 0 fully saturated rings. The largest absolute Gasteiger partial charge is 2.00 e. The van der Waals surface area contributed by atoms with E-state index in [4.69, 9.17) is 4.99 Å². The minimum Gasteiger partial charge on any atom is -0.873 e. The van der Waals surface area contributed by atoms with Crippen molar-refractivity contribution in [3.63, 3.8) is 0 Å². The maximum Gasteiger partial charge on any atom is 2.00 e. The predicted molar refractivity (Wildman–Crippen MR) is 155 cm³/mol. The number of hydrogen-bond donors (Lipinski definition) is 0. The van der Waals surface area contributed by atoms with E-state index < -0.39 is 34.0 Å². The Morgan fingerprint density at radius 1 is 0.675 bits per heavy atom. The fraction of sp³-hybridized carbons (Fsp3) is 0.394. The number of nitrogens with zero attached hydrogens (tertiary/aromatic N) is 2. The average molecular weight is 593 g/mol. The van der Waals surface area contributed by atoms with Gasteiger partial charge in [0.25, 0.3) is 0 Å². The smallest absolute Gasteiger partial charge is 0.873 e. The van der Waals surface area contributed by atoms with Gasteiger partial charge in [0, 0.05) is 6.21 Å². The zero-order valence-electron chi connectivity index (χ0n) is 25.3. The third-order valence-corrected chi connectivity index (χ3v) is 6.34. The molecule has 218 valence electrons. The van der Waals surface area contributed by atoms with Crippen LogP contribution in [0, 0.1) is 39.3 Å². The number of aryl methyl sites for hydroxylation is 4. The number of benzene rings is 3. The van der Waals surface area contributed by atoms with Crippen LogP contribution in [0.2, 0.25) is 0 Å². The summed E-state index contributed by atoms with van der Waals surface area (Å²) in [7, 11) is 0. The first-order chi connectivity index (χ1) is 17.9. The maximum absolute atomic E-state index is 14.0. The monoisotopic (exact) mass is 592 g/mol. The molecule has 0 spiro atoms. The fourth-order valence-corrected chi connectivity index (χ4v) is 4.34. The molecule has 0 aliphatic rings. The third-order valence-electron chi connectivity index (χ3n) is 6.34. The molecule has 0 heterocycles. The summed E-state index contributed by atoms with van der Waals surface area (Å²) in [5.41, 5.74) is 5.18. The predicted octanol–water partition coefficient (Wildman–Crippen LogP) is 8.12. The van der Waals surface area contributed by atoms with Gasteiger partial charge in [0.1, 0.15) is 0 Å². The summed E-state index contributed by atoms with van der Waals surface area (Å²) in [5.74, 6) is -4.27. The Kier molecular flexibility index (Phi) is 11.8. The van der Waals surface area contributed by atoms with Crippen molar-refractivity contribution in [1.29, 1.82) is 0 Å². The Hall–Kier alpha value is -3.05. The van der Waals surface area contributed by atoms with Crippen LogP contribution in [0.1, 0.15) is 81.8 Å². The molecule has 4 nitrogen and oxygen atoms in total. The minimum absolute atomic E-state index is 0. The Bertz CT molecular complexity index is 1300. The first-order valence-corrected chi connectivity index (χ1v) is 13.0. The van der Waals surface area contributed by atoms with E-state index >= 15 is 0 Å². The van der Waals surface area contributed by atoms with E-state index in [1.54, 1.807) is 41.5 Å². The van der Waals surface area contributed by atoms with Gasteiger partial charge in [-0.3, -0.25) is 9.98 Å². The Morgan fingerprint density at radius 2 is 1.00 bits per heavy atom. The van der Waals surface area contributed by atoms with Crippen LogP contribution in [-0.2, 0) is 27.3 Å². The van der Waals surface area contributed by atoms with Crippen molar-refractivity contribution >= 4 is 23.3 Å². The molecule has 0 saturated heterocycles. The summed E-state index contributed by atoms with van der Waals surface area (Å²) >= 11 is 0. The normalized spacial score (nSPS) is 12.2. The van der Waals surface area contributed by atoms with Crippen molar-refractivity contribution in [2.75, 3.05) is 0 Å². The van der Waals surface area contributed by atoms with Crippen molar-refractivity contribution < 1.29 is 35.5 Å². The van der Waals surface area contributed by atoms with Crippen LogP contribution >= 0.6 is 0 Å². The third kappa shape index (κ3) is 8.23. The molecule has 0 atom stereocenters. The molecule has 3 rings (SSSR count). The molecule has 0 amide bonds. The molecule has 40 heavy (non-hydrogen) atoms. The first kappa shape index (κ1) is 35.0. The van der Waals surface area contributed by atoms with Gasteiger partial charge in [0.2, 0.25) is 0 Å². The molecule has 3 aromatic carbocycles. The van der Waals surface area contributed by atoms with Crippen LogP contribution in [0.3, 0.4) is 0 Å². The van der Waals surface area contributed by atoms with E-state index in [2.05, 4.69) is 69.1 Å². The fourth-order valence-electron chi connectivity index (χ4n) is 4.34. The van der Waals surface area contributed by atoms with Gasteiger partial charge in [-0.2, -0.15) is 0 Å². The number of halogens is 2. The zero-order chi connectivity index (χ0) is 29.9. The van der Waals surface area contributed by atoms with Crippen molar-refractivity contribution in [2.45, 2.75) is 87.0 Å². The van der Waals surface area contributed by atoms with Gasteiger partial charge >= 0.3 is 16.5 Å². The molecule has 0 bridgehead atoms. The molecular weight excluding hydrogens is 553 g/mol. The summed E-state index contributed by atoms with van der Waals surface area (Å²) in [6, 6.07) is 12.4. The van der Waals surface area contributed by atoms with Gasteiger partial charge in [-0.15, -0.1) is 11.5 Å². The zero-order valence-corrected chi connectivity index (χ0v) is 26.3. The van der Waals surface area contributed by atoms with E-state index in [-0.39, 0.29) is 27.6 Å². The molecule has 0 aromatic heterocycles. The van der Waals surface area contributed by atoms with Crippen LogP contribution in [0.25, 0.3) is 0 Å². The Labute approximate surface area is 248 Å². The number of hydrogen-bond acceptors (Lipinski definition) is 4. The van der Waals surface area contributed by atoms with Gasteiger partial charge in [-0.25, -0.2) is 8.78 Å². The molecule has 0 aliphatic heterocycles. The van der Waals surface area contributed by atoms with Crippen LogP contribution in [-0.4, -0.2) is 11.9 Å². The minimum atomic E-state index is -1.20. The van der Waals surface area contributed by atoms with E-state index in [9.17, 15) is 19.0 Å². The molecular formula is C33H40F2N2NiO2. The quantitative estimate of drug-likeness (QED) is 0.227. The molecule has 0 N–H and O–H groups in total. The topological polar surface area (TPSA) is 70.8 Å². The van der Waals surface area contributed by atoms with Crippen LogP contribution < -0.4 is 10.2 Å². The summed E-state index contributed by atoms with van der Waals surface area (Å²) in [5, 5.41) is 23.9. The number of aliphatic imine (C=N–C) groups is 2. The first-order valence-electron chi connectivity index (χ1n) is 13.0. The van der Waals surface area contributed by atoms with Crippen LogP contribution in [0.5, 0.6) is 11.5 Å². The Morgan fingerprint density at radius 3 is 1.32 bits per heavy atom. The van der Waals surface area contributed by atoms with Gasteiger partial charge < -0.3 is 10.2 Å². The van der Waals surface area contributed by atoms with Crippen molar-refractivity contribution in [3.05, 3.63) is 81.4 Å². The van der Waals surface area contributed by atoms with E-state index in [0.29, 0.717) is 0 Å². The SMILES string of the molecule is CC(C)(C)c1c([O-])c([O-])c(C(C)(C)C)c(F)c1F.CC(C=Nc1c(C)cccc1C)=Nc1c(C)cccc1C.[Ni+2]. The second kappa shape index (κ2) is 13.5. The van der Waals surface area contributed by atoms with Gasteiger partial charge in [0.05, 0.1) is 17.1 Å². The molecule has 0 unspecified atom stereocenters. The molecule has 7 heteroatoms. The van der Waals surface area contributed by atoms with Crippen molar-refractivity contribution in [3.8, 4) is 11.5 Å². The second-order valence-electron chi connectivity index (χ2n) is 12.0.